The van der Waals surface area contributed by atoms with Crippen LogP contribution < -0.4 is 20.7 Å². The Balaban J connectivity index is 1.83. The molecule has 0 bridgehead atoms. The second-order valence-electron chi connectivity index (χ2n) is 6.41. The summed E-state index contributed by atoms with van der Waals surface area (Å²) < 4.78 is 5.58. The van der Waals surface area contributed by atoms with Gasteiger partial charge in [-0.1, -0.05) is 24.3 Å². The van der Waals surface area contributed by atoms with Gasteiger partial charge in [-0.05, 0) is 55.2 Å². The lowest BCUT2D eigenvalue weighted by Gasteiger charge is -2.13. The van der Waals surface area contributed by atoms with Gasteiger partial charge in [0.05, 0.1) is 6.61 Å². The van der Waals surface area contributed by atoms with Gasteiger partial charge >= 0.3 is 0 Å². The van der Waals surface area contributed by atoms with Crippen molar-refractivity contribution in [3.63, 3.8) is 0 Å². The Kier molecular flexibility index (Phi) is 8.34. The van der Waals surface area contributed by atoms with Crippen LogP contribution in [0.4, 0.5) is 0 Å². The van der Waals surface area contributed by atoms with Gasteiger partial charge in [-0.25, -0.2) is 0 Å². The summed E-state index contributed by atoms with van der Waals surface area (Å²) >= 11 is 0. The molecule has 6 heteroatoms. The molecule has 0 unspecified atom stereocenters. The number of nitrogens with one attached hydrogen (secondary N) is 3. The van der Waals surface area contributed by atoms with Gasteiger partial charge in [0.25, 0.3) is 5.91 Å². The molecule has 0 saturated heterocycles. The van der Waals surface area contributed by atoms with Gasteiger partial charge in [0.2, 0.25) is 0 Å². The van der Waals surface area contributed by atoms with E-state index in [1.54, 1.807) is 14.1 Å². The molecule has 0 fully saturated rings. The Morgan fingerprint density at radius 2 is 1.93 bits per heavy atom. The first-order chi connectivity index (χ1) is 13.6. The number of nitrogens with zero attached hydrogens (tertiary/aromatic N) is 1. The molecule has 2 rings (SSSR count). The minimum Gasteiger partial charge on any atom is -0.494 e. The molecule has 2 aromatic carbocycles. The molecule has 0 radical (unpaired) electrons. The predicted octanol–water partition coefficient (Wildman–Crippen LogP) is 2.66. The van der Waals surface area contributed by atoms with Crippen LogP contribution in [0.25, 0.3) is 0 Å². The van der Waals surface area contributed by atoms with Crippen molar-refractivity contribution >= 4 is 11.9 Å². The number of aliphatic imine (C=N–C) groups is 1. The number of ether oxygens (including phenoxy) is 1. The summed E-state index contributed by atoms with van der Waals surface area (Å²) in [5.41, 5.74) is 4.07. The number of hydrogen-bond acceptors (Lipinski definition) is 3. The lowest BCUT2D eigenvalue weighted by atomic mass is 10.1. The van der Waals surface area contributed by atoms with Crippen LogP contribution in [0.1, 0.15) is 34.0 Å². The molecule has 3 N–H and O–H groups in total. The zero-order valence-corrected chi connectivity index (χ0v) is 17.1. The first kappa shape index (κ1) is 21.3. The SMILES string of the molecule is CCOc1ccc(CNC(=NC)NCCc2cccc(C(=O)NC)c2)cc1C. The molecular formula is C22H30N4O2. The van der Waals surface area contributed by atoms with E-state index in [2.05, 4.69) is 40.0 Å². The maximum atomic E-state index is 11.7. The fourth-order valence-corrected chi connectivity index (χ4v) is 2.88. The second-order valence-corrected chi connectivity index (χ2v) is 6.41. The number of hydrogen-bond donors (Lipinski definition) is 3. The summed E-state index contributed by atoms with van der Waals surface area (Å²) in [7, 11) is 3.39. The molecule has 2 aromatic rings. The molecule has 0 aliphatic heterocycles. The number of carbonyl (C=O) groups is 1. The van der Waals surface area contributed by atoms with Crippen LogP contribution >= 0.6 is 0 Å². The van der Waals surface area contributed by atoms with Crippen molar-refractivity contribution in [2.24, 2.45) is 4.99 Å². The molecule has 150 valence electrons. The van der Waals surface area contributed by atoms with E-state index in [0.717, 1.165) is 35.8 Å². The average Bonchev–Trinajstić information content (AvgIpc) is 2.72. The van der Waals surface area contributed by atoms with Crippen molar-refractivity contribution < 1.29 is 9.53 Å². The first-order valence-electron chi connectivity index (χ1n) is 9.55. The highest BCUT2D eigenvalue weighted by Gasteiger charge is 2.05. The smallest absolute Gasteiger partial charge is 0.251 e. The highest BCUT2D eigenvalue weighted by Crippen LogP contribution is 2.18. The maximum absolute atomic E-state index is 11.7. The molecule has 0 aromatic heterocycles. The molecule has 6 nitrogen and oxygen atoms in total. The van der Waals surface area contributed by atoms with Crippen LogP contribution in [0.15, 0.2) is 47.5 Å². The van der Waals surface area contributed by atoms with Gasteiger partial charge in [0.15, 0.2) is 5.96 Å². The van der Waals surface area contributed by atoms with Gasteiger partial charge in [0, 0.05) is 32.7 Å². The molecule has 0 heterocycles. The van der Waals surface area contributed by atoms with Gasteiger partial charge in [-0.3, -0.25) is 9.79 Å². The largest absolute Gasteiger partial charge is 0.494 e. The Bertz CT molecular complexity index is 818. The van der Waals surface area contributed by atoms with Gasteiger partial charge < -0.3 is 20.7 Å². The molecule has 0 aliphatic rings. The summed E-state index contributed by atoms with van der Waals surface area (Å²) in [5.74, 6) is 1.60. The predicted molar refractivity (Wildman–Crippen MR) is 114 cm³/mol. The van der Waals surface area contributed by atoms with E-state index in [-0.39, 0.29) is 5.91 Å². The first-order valence-corrected chi connectivity index (χ1v) is 9.55. The molecule has 0 saturated carbocycles. The second kappa shape index (κ2) is 11.0. The van der Waals surface area contributed by atoms with Crippen LogP contribution in [-0.4, -0.2) is 39.1 Å². The monoisotopic (exact) mass is 382 g/mol. The zero-order valence-electron chi connectivity index (χ0n) is 17.1. The molecule has 28 heavy (non-hydrogen) atoms. The van der Waals surface area contributed by atoms with E-state index in [1.807, 2.05) is 37.3 Å². The van der Waals surface area contributed by atoms with Crippen LogP contribution in [0.5, 0.6) is 5.75 Å². The Morgan fingerprint density at radius 1 is 1.11 bits per heavy atom. The number of amides is 1. The zero-order chi connectivity index (χ0) is 20.4. The number of carbonyl (C=O) groups excluding carboxylic acids is 1. The lowest BCUT2D eigenvalue weighted by molar-refractivity contribution is 0.0963. The van der Waals surface area contributed by atoms with Crippen LogP contribution in [-0.2, 0) is 13.0 Å². The van der Waals surface area contributed by atoms with Crippen molar-refractivity contribution in [3.05, 3.63) is 64.7 Å². The minimum absolute atomic E-state index is 0.0714. The summed E-state index contributed by atoms with van der Waals surface area (Å²) in [6.45, 7) is 6.10. The highest BCUT2D eigenvalue weighted by molar-refractivity contribution is 5.94. The highest BCUT2D eigenvalue weighted by atomic mass is 16.5. The molecule has 0 aliphatic carbocycles. The van der Waals surface area contributed by atoms with Crippen LogP contribution in [0.2, 0.25) is 0 Å². The van der Waals surface area contributed by atoms with E-state index in [9.17, 15) is 4.79 Å². The summed E-state index contributed by atoms with van der Waals surface area (Å²) in [5, 5.41) is 9.28. The molecule has 1 amide bonds. The third kappa shape index (κ3) is 6.30. The number of guanidine groups is 1. The Hall–Kier alpha value is -3.02. The maximum Gasteiger partial charge on any atom is 0.251 e. The third-order valence-corrected chi connectivity index (χ3v) is 4.35. The number of aryl methyl sites for hydroxylation is 1. The minimum atomic E-state index is -0.0714. The summed E-state index contributed by atoms with van der Waals surface area (Å²) in [6.07, 6.45) is 0.799. The average molecular weight is 383 g/mol. The topological polar surface area (TPSA) is 74.8 Å². The fraction of sp³-hybridized carbons (Fsp3) is 0.364. The summed E-state index contributed by atoms with van der Waals surface area (Å²) in [6, 6.07) is 13.8. The van der Waals surface area contributed by atoms with E-state index in [4.69, 9.17) is 4.74 Å². The molecule has 0 spiro atoms. The fourth-order valence-electron chi connectivity index (χ4n) is 2.88. The van der Waals surface area contributed by atoms with E-state index in [1.165, 1.54) is 5.56 Å². The molecule has 0 atom stereocenters. The Labute approximate surface area is 167 Å². The third-order valence-electron chi connectivity index (χ3n) is 4.35. The van der Waals surface area contributed by atoms with Crippen LogP contribution in [0.3, 0.4) is 0 Å². The quantitative estimate of drug-likeness (QED) is 0.485. The van der Waals surface area contributed by atoms with E-state index < -0.39 is 0 Å². The van der Waals surface area contributed by atoms with Crippen molar-refractivity contribution in [2.45, 2.75) is 26.8 Å². The van der Waals surface area contributed by atoms with Crippen molar-refractivity contribution in [1.82, 2.24) is 16.0 Å². The number of benzene rings is 2. The Morgan fingerprint density at radius 3 is 2.61 bits per heavy atom. The van der Waals surface area contributed by atoms with Gasteiger partial charge in [0.1, 0.15) is 5.75 Å². The van der Waals surface area contributed by atoms with Gasteiger partial charge in [-0.15, -0.1) is 0 Å². The van der Waals surface area contributed by atoms with Gasteiger partial charge in [-0.2, -0.15) is 0 Å². The van der Waals surface area contributed by atoms with Crippen molar-refractivity contribution in [3.8, 4) is 5.75 Å². The number of rotatable bonds is 8. The lowest BCUT2D eigenvalue weighted by Crippen LogP contribution is -2.37. The summed E-state index contributed by atoms with van der Waals surface area (Å²) in [4.78, 5) is 16.0. The normalized spacial score (nSPS) is 11.1. The van der Waals surface area contributed by atoms with E-state index >= 15 is 0 Å². The molecular weight excluding hydrogens is 352 g/mol. The van der Waals surface area contributed by atoms with E-state index in [0.29, 0.717) is 18.7 Å². The van der Waals surface area contributed by atoms with Crippen molar-refractivity contribution in [1.29, 1.82) is 0 Å². The van der Waals surface area contributed by atoms with Crippen molar-refractivity contribution in [2.75, 3.05) is 27.2 Å². The standard InChI is InChI=1S/C22H30N4O2/c1-5-28-20-10-9-18(13-16(20)2)15-26-22(24-4)25-12-11-17-7-6-8-19(14-17)21(27)23-3/h6-10,13-14H,5,11-12,15H2,1-4H3,(H,23,27)(H2,24,25,26). The van der Waals surface area contributed by atoms with Crippen LogP contribution in [0, 0.1) is 6.92 Å².